The summed E-state index contributed by atoms with van der Waals surface area (Å²) in [6, 6.07) is 0. The molecule has 0 aromatic heterocycles. The third-order valence-electron chi connectivity index (χ3n) is 7.53. The molecule has 3 heteroatoms. The van der Waals surface area contributed by atoms with E-state index in [0.717, 1.165) is 25.7 Å². The Morgan fingerprint density at radius 1 is 1.10 bits per heavy atom. The molecule has 0 aromatic rings. The van der Waals surface area contributed by atoms with E-state index in [1.807, 2.05) is 6.08 Å². The van der Waals surface area contributed by atoms with Crippen LogP contribution < -0.4 is 0 Å². The Kier molecular flexibility index (Phi) is 9.75. The highest BCUT2D eigenvalue weighted by Crippen LogP contribution is 2.48. The van der Waals surface area contributed by atoms with Crippen molar-refractivity contribution < 1.29 is 10.2 Å². The van der Waals surface area contributed by atoms with Gasteiger partial charge in [0.05, 0.1) is 12.2 Å². The lowest BCUT2D eigenvalue weighted by Crippen LogP contribution is -2.20. The lowest BCUT2D eigenvalue weighted by atomic mass is 9.88. The van der Waals surface area contributed by atoms with Crippen molar-refractivity contribution in [2.24, 2.45) is 17.8 Å². The number of nitrogens with zero attached hydrogens (tertiary/aromatic N) is 1. The molecule has 1 heterocycles. The van der Waals surface area contributed by atoms with E-state index in [0.29, 0.717) is 11.8 Å². The second kappa shape index (κ2) is 12.3. The number of hydrogen-bond donors (Lipinski definition) is 2. The normalized spacial score (nSPS) is 30.9. The first-order chi connectivity index (χ1) is 14.2. The van der Waals surface area contributed by atoms with Crippen molar-refractivity contribution in [3.05, 3.63) is 23.8 Å². The number of aliphatic hydroxyl groups is 2. The van der Waals surface area contributed by atoms with Crippen LogP contribution in [-0.2, 0) is 0 Å². The Hall–Kier alpha value is -0.640. The summed E-state index contributed by atoms with van der Waals surface area (Å²) in [6.45, 7) is 6.15. The molecule has 0 spiro atoms. The third-order valence-corrected chi connectivity index (χ3v) is 7.53. The zero-order valence-electron chi connectivity index (χ0n) is 18.8. The molecule has 0 aromatic carbocycles. The van der Waals surface area contributed by atoms with E-state index in [-0.39, 0.29) is 18.1 Å². The standard InChI is InChI=1S/C26H45NO2/c1-2-3-6-12-23(28)13-14-24-25-19-21(18-22(25)20-26(24)29)11-7-4-5-8-15-27-16-9-10-17-27/h13-14,18,22-26,28-29H,2-12,15-17,19-20H2,1H3/b14-13+/t22-,23-,24+,25-,26+/m0/s1. The number of aliphatic hydroxyl groups excluding tert-OH is 2. The Morgan fingerprint density at radius 2 is 1.90 bits per heavy atom. The number of unbranched alkanes of at least 4 members (excludes halogenated alkanes) is 5. The lowest BCUT2D eigenvalue weighted by Gasteiger charge is -2.19. The molecule has 2 aliphatic carbocycles. The fourth-order valence-electron chi connectivity index (χ4n) is 5.79. The van der Waals surface area contributed by atoms with Crippen LogP contribution in [0.5, 0.6) is 0 Å². The minimum absolute atomic E-state index is 0.229. The van der Waals surface area contributed by atoms with Gasteiger partial charge in [-0.2, -0.15) is 0 Å². The van der Waals surface area contributed by atoms with Gasteiger partial charge < -0.3 is 15.1 Å². The fourth-order valence-corrected chi connectivity index (χ4v) is 5.79. The molecule has 0 bridgehead atoms. The van der Waals surface area contributed by atoms with Gasteiger partial charge in [0.2, 0.25) is 0 Å². The molecule has 0 radical (unpaired) electrons. The SMILES string of the molecule is CCCCC[C@H](O)/C=C/[C@@H]1[C@H]2CC(CCCCCCN3CCCC3)=C[C@H]2C[C@H]1O. The first-order valence-corrected chi connectivity index (χ1v) is 12.6. The van der Waals surface area contributed by atoms with Crippen molar-refractivity contribution in [3.63, 3.8) is 0 Å². The maximum atomic E-state index is 10.5. The van der Waals surface area contributed by atoms with E-state index in [4.69, 9.17) is 0 Å². The minimum atomic E-state index is -0.345. The van der Waals surface area contributed by atoms with Gasteiger partial charge in [-0.15, -0.1) is 0 Å². The quantitative estimate of drug-likeness (QED) is 0.316. The van der Waals surface area contributed by atoms with E-state index in [1.54, 1.807) is 5.57 Å². The number of rotatable bonds is 13. The van der Waals surface area contributed by atoms with Crippen LogP contribution in [0.25, 0.3) is 0 Å². The molecule has 29 heavy (non-hydrogen) atoms. The predicted molar refractivity (Wildman–Crippen MR) is 122 cm³/mol. The molecule has 0 unspecified atom stereocenters. The van der Waals surface area contributed by atoms with Crippen molar-refractivity contribution in [3.8, 4) is 0 Å². The monoisotopic (exact) mass is 403 g/mol. The van der Waals surface area contributed by atoms with Crippen LogP contribution in [0.1, 0.15) is 90.4 Å². The van der Waals surface area contributed by atoms with Crippen LogP contribution in [0.2, 0.25) is 0 Å². The summed E-state index contributed by atoms with van der Waals surface area (Å²) in [5.74, 6) is 1.35. The summed E-state index contributed by atoms with van der Waals surface area (Å²) >= 11 is 0. The van der Waals surface area contributed by atoms with Gasteiger partial charge in [-0.1, -0.05) is 62.8 Å². The Labute approximate surface area is 179 Å². The molecule has 5 atom stereocenters. The summed E-state index contributed by atoms with van der Waals surface area (Å²) in [7, 11) is 0. The number of likely N-dealkylation sites (tertiary alicyclic amines) is 1. The molecule has 3 rings (SSSR count). The first-order valence-electron chi connectivity index (χ1n) is 12.6. The number of allylic oxidation sites excluding steroid dienone is 2. The van der Waals surface area contributed by atoms with Crippen molar-refractivity contribution in [2.75, 3.05) is 19.6 Å². The molecule has 0 amide bonds. The second-order valence-corrected chi connectivity index (χ2v) is 9.90. The van der Waals surface area contributed by atoms with Crippen LogP contribution >= 0.6 is 0 Å². The average molecular weight is 404 g/mol. The predicted octanol–water partition coefficient (Wildman–Crippen LogP) is 5.47. The lowest BCUT2D eigenvalue weighted by molar-refractivity contribution is 0.139. The topological polar surface area (TPSA) is 43.7 Å². The zero-order valence-corrected chi connectivity index (χ0v) is 18.8. The van der Waals surface area contributed by atoms with Crippen molar-refractivity contribution >= 4 is 0 Å². The molecule has 1 saturated carbocycles. The van der Waals surface area contributed by atoms with E-state index in [9.17, 15) is 10.2 Å². The van der Waals surface area contributed by atoms with Crippen LogP contribution in [0.15, 0.2) is 23.8 Å². The molecule has 1 aliphatic heterocycles. The molecular weight excluding hydrogens is 358 g/mol. The van der Waals surface area contributed by atoms with Crippen LogP contribution in [0, 0.1) is 17.8 Å². The highest BCUT2D eigenvalue weighted by molar-refractivity contribution is 5.20. The number of fused-ring (bicyclic) bond motifs is 1. The van der Waals surface area contributed by atoms with Gasteiger partial charge in [-0.3, -0.25) is 0 Å². The molecule has 1 saturated heterocycles. The molecule has 3 nitrogen and oxygen atoms in total. The number of hydrogen-bond acceptors (Lipinski definition) is 3. The van der Waals surface area contributed by atoms with E-state index in [1.165, 1.54) is 77.4 Å². The molecule has 2 N–H and O–H groups in total. The van der Waals surface area contributed by atoms with Gasteiger partial charge in [0.15, 0.2) is 0 Å². The Bertz CT molecular complexity index is 523. The summed E-state index contributed by atoms with van der Waals surface area (Å²) in [5.41, 5.74) is 1.63. The summed E-state index contributed by atoms with van der Waals surface area (Å²) in [4.78, 5) is 2.63. The highest BCUT2D eigenvalue weighted by atomic mass is 16.3. The minimum Gasteiger partial charge on any atom is -0.392 e. The smallest absolute Gasteiger partial charge is 0.0721 e. The molecule has 166 valence electrons. The second-order valence-electron chi connectivity index (χ2n) is 9.90. The summed E-state index contributed by atoms with van der Waals surface area (Å²) < 4.78 is 0. The van der Waals surface area contributed by atoms with E-state index >= 15 is 0 Å². The van der Waals surface area contributed by atoms with Gasteiger partial charge in [0.25, 0.3) is 0 Å². The van der Waals surface area contributed by atoms with Crippen molar-refractivity contribution in [1.82, 2.24) is 4.90 Å². The van der Waals surface area contributed by atoms with Gasteiger partial charge in [-0.05, 0) is 82.8 Å². The van der Waals surface area contributed by atoms with Gasteiger partial charge in [0.1, 0.15) is 0 Å². The Morgan fingerprint density at radius 3 is 2.69 bits per heavy atom. The molecular formula is C26H45NO2. The largest absolute Gasteiger partial charge is 0.392 e. The highest BCUT2D eigenvalue weighted by Gasteiger charge is 2.43. The van der Waals surface area contributed by atoms with Crippen molar-refractivity contribution in [2.45, 2.75) is 103 Å². The summed E-state index contributed by atoms with van der Waals surface area (Å²) in [5, 5.41) is 20.7. The Balaban J connectivity index is 1.32. The van der Waals surface area contributed by atoms with Crippen LogP contribution in [0.4, 0.5) is 0 Å². The average Bonchev–Trinajstić information content (AvgIpc) is 3.40. The van der Waals surface area contributed by atoms with Crippen LogP contribution in [-0.4, -0.2) is 47.0 Å². The van der Waals surface area contributed by atoms with Crippen LogP contribution in [0.3, 0.4) is 0 Å². The molecule has 2 fully saturated rings. The van der Waals surface area contributed by atoms with Gasteiger partial charge in [-0.25, -0.2) is 0 Å². The van der Waals surface area contributed by atoms with E-state index < -0.39 is 0 Å². The van der Waals surface area contributed by atoms with Gasteiger partial charge in [0, 0.05) is 5.92 Å². The summed E-state index contributed by atoms with van der Waals surface area (Å²) in [6.07, 6.45) is 21.9. The fraction of sp³-hybridized carbons (Fsp3) is 0.846. The third kappa shape index (κ3) is 7.22. The first kappa shape index (κ1) is 23.0. The maximum absolute atomic E-state index is 10.5. The molecule has 3 aliphatic rings. The van der Waals surface area contributed by atoms with Gasteiger partial charge >= 0.3 is 0 Å². The zero-order chi connectivity index (χ0) is 20.5. The van der Waals surface area contributed by atoms with E-state index in [2.05, 4.69) is 24.0 Å². The maximum Gasteiger partial charge on any atom is 0.0721 e. The van der Waals surface area contributed by atoms with Crippen molar-refractivity contribution in [1.29, 1.82) is 0 Å².